The average molecular weight is 459 g/mol. The molecule has 8 heteroatoms. The number of amides is 1. The van der Waals surface area contributed by atoms with Crippen molar-refractivity contribution in [3.63, 3.8) is 0 Å². The van der Waals surface area contributed by atoms with Gasteiger partial charge in [-0.2, -0.15) is 0 Å². The van der Waals surface area contributed by atoms with Gasteiger partial charge in [0, 0.05) is 39.5 Å². The van der Waals surface area contributed by atoms with Crippen LogP contribution in [-0.2, 0) is 4.79 Å². The number of anilines is 3. The van der Waals surface area contributed by atoms with E-state index in [4.69, 9.17) is 0 Å². The van der Waals surface area contributed by atoms with Crippen LogP contribution in [0.15, 0.2) is 96.2 Å². The number of carboxylic acids is 1. The summed E-state index contributed by atoms with van der Waals surface area (Å²) >= 11 is 1.49. The fraction of sp³-hybridized carbons (Fsp3) is 0.0800. The Kier molecular flexibility index (Phi) is 7.06. The number of aliphatic carboxylic acids is 1. The van der Waals surface area contributed by atoms with E-state index in [1.807, 2.05) is 60.7 Å². The van der Waals surface area contributed by atoms with Crippen LogP contribution in [0.3, 0.4) is 0 Å². The minimum absolute atomic E-state index is 0.0234. The van der Waals surface area contributed by atoms with Crippen molar-refractivity contribution in [2.75, 3.05) is 10.6 Å². The van der Waals surface area contributed by atoms with E-state index >= 15 is 0 Å². The van der Waals surface area contributed by atoms with E-state index in [0.29, 0.717) is 17.2 Å². The number of nitrogens with one attached hydrogen (secondary N) is 3. The molecule has 33 heavy (non-hydrogen) atoms. The lowest BCUT2D eigenvalue weighted by molar-refractivity contribution is -0.137. The molecule has 4 N–H and O–H groups in total. The van der Waals surface area contributed by atoms with Crippen LogP contribution in [0.5, 0.6) is 0 Å². The van der Waals surface area contributed by atoms with E-state index < -0.39 is 5.97 Å². The number of aromatic amines is 1. The normalized spacial score (nSPS) is 11.5. The largest absolute Gasteiger partial charge is 0.481 e. The Bertz CT molecular complexity index is 1210. The van der Waals surface area contributed by atoms with Gasteiger partial charge in [-0.15, -0.1) is 11.8 Å². The van der Waals surface area contributed by atoms with Gasteiger partial charge < -0.3 is 20.7 Å². The molecule has 1 aromatic heterocycles. The van der Waals surface area contributed by atoms with Crippen LogP contribution in [0.1, 0.15) is 27.6 Å². The quantitative estimate of drug-likeness (QED) is 0.239. The zero-order valence-corrected chi connectivity index (χ0v) is 18.4. The van der Waals surface area contributed by atoms with Crippen LogP contribution in [0, 0.1) is 0 Å². The Morgan fingerprint density at radius 2 is 1.76 bits per heavy atom. The Labute approximate surface area is 195 Å². The van der Waals surface area contributed by atoms with Gasteiger partial charge in [0.25, 0.3) is 5.91 Å². The van der Waals surface area contributed by atoms with Crippen molar-refractivity contribution in [3.05, 3.63) is 102 Å². The summed E-state index contributed by atoms with van der Waals surface area (Å²) in [7, 11) is 0. The lowest BCUT2D eigenvalue weighted by atomic mass is 10.1. The first kappa shape index (κ1) is 22.2. The van der Waals surface area contributed by atoms with Crippen molar-refractivity contribution < 1.29 is 14.7 Å². The highest BCUT2D eigenvalue weighted by Crippen LogP contribution is 2.38. The Morgan fingerprint density at radius 1 is 0.970 bits per heavy atom. The zero-order valence-electron chi connectivity index (χ0n) is 17.6. The highest BCUT2D eigenvalue weighted by molar-refractivity contribution is 7.99. The number of rotatable bonds is 9. The molecule has 0 radical (unpaired) electrons. The van der Waals surface area contributed by atoms with Crippen molar-refractivity contribution >= 4 is 41.0 Å². The van der Waals surface area contributed by atoms with E-state index in [1.54, 1.807) is 30.6 Å². The summed E-state index contributed by atoms with van der Waals surface area (Å²) in [5, 5.41) is 15.1. The minimum Gasteiger partial charge on any atom is -0.481 e. The number of imidazole rings is 1. The van der Waals surface area contributed by atoms with Gasteiger partial charge in [0.05, 0.1) is 6.42 Å². The summed E-state index contributed by atoms with van der Waals surface area (Å²) in [6.45, 7) is 0. The fourth-order valence-electron chi connectivity index (χ4n) is 3.25. The van der Waals surface area contributed by atoms with Crippen molar-refractivity contribution in [1.29, 1.82) is 0 Å². The molecular weight excluding hydrogens is 436 g/mol. The van der Waals surface area contributed by atoms with Gasteiger partial charge in [-0.3, -0.25) is 9.59 Å². The third kappa shape index (κ3) is 6.24. The van der Waals surface area contributed by atoms with Crippen molar-refractivity contribution in [3.8, 4) is 0 Å². The van der Waals surface area contributed by atoms with E-state index in [2.05, 4.69) is 20.6 Å². The van der Waals surface area contributed by atoms with E-state index in [9.17, 15) is 14.7 Å². The maximum absolute atomic E-state index is 12.7. The van der Waals surface area contributed by atoms with Crippen molar-refractivity contribution in [2.24, 2.45) is 0 Å². The molecule has 0 aliphatic carbocycles. The number of carboxylic acid groups (broad SMARTS) is 1. The third-order valence-electron chi connectivity index (χ3n) is 4.81. The molecule has 7 nitrogen and oxygen atoms in total. The third-order valence-corrected chi connectivity index (χ3v) is 6.08. The second kappa shape index (κ2) is 10.5. The van der Waals surface area contributed by atoms with Crippen LogP contribution in [0.4, 0.5) is 17.3 Å². The molecule has 0 bridgehead atoms. The van der Waals surface area contributed by atoms with E-state index in [-0.39, 0.29) is 17.6 Å². The second-order valence-electron chi connectivity index (χ2n) is 7.24. The Balaban J connectivity index is 1.41. The van der Waals surface area contributed by atoms with Crippen LogP contribution >= 0.6 is 11.8 Å². The maximum atomic E-state index is 12.7. The first-order valence-corrected chi connectivity index (χ1v) is 11.2. The summed E-state index contributed by atoms with van der Waals surface area (Å²) in [6.07, 6.45) is 3.38. The molecular formula is C25H22N4O3S. The zero-order chi connectivity index (χ0) is 23.0. The van der Waals surface area contributed by atoms with Crippen LogP contribution in [0.2, 0.25) is 0 Å². The number of H-pyrrole nitrogens is 1. The molecule has 0 saturated heterocycles. The van der Waals surface area contributed by atoms with Crippen molar-refractivity contribution in [2.45, 2.75) is 16.6 Å². The summed E-state index contributed by atoms with van der Waals surface area (Å²) in [5.74, 6) is -0.479. The molecule has 0 aliphatic rings. The topological polar surface area (TPSA) is 107 Å². The molecule has 1 heterocycles. The minimum atomic E-state index is -0.844. The highest BCUT2D eigenvalue weighted by atomic mass is 32.2. The molecule has 1 unspecified atom stereocenters. The lowest BCUT2D eigenvalue weighted by Gasteiger charge is -2.15. The predicted octanol–water partition coefficient (Wildman–Crippen LogP) is 5.71. The van der Waals surface area contributed by atoms with E-state index in [1.165, 1.54) is 11.8 Å². The fourth-order valence-corrected chi connectivity index (χ4v) is 4.39. The molecule has 0 aliphatic heterocycles. The number of carbonyl (C=O) groups excluding carboxylic acids is 1. The summed E-state index contributed by atoms with van der Waals surface area (Å²) < 4.78 is 0. The smallest absolute Gasteiger partial charge is 0.304 e. The standard InChI is InChI=1S/C25H22N4O3S/c30-23(31)16-22(17-5-2-1-3-6-17)33-21-11-9-19(10-12-21)28-24(32)18-7-4-8-20(15-18)29-25-26-13-14-27-25/h1-15,22H,16H2,(H,28,32)(H,30,31)(H2,26,27,29). The SMILES string of the molecule is O=C(O)CC(Sc1ccc(NC(=O)c2cccc(Nc3ncc[nH]3)c2)cc1)c1ccccc1. The molecule has 0 spiro atoms. The maximum Gasteiger partial charge on any atom is 0.304 e. The Hall–Kier alpha value is -4.04. The molecule has 4 aromatic rings. The van der Waals surface area contributed by atoms with Gasteiger partial charge in [-0.1, -0.05) is 36.4 Å². The van der Waals surface area contributed by atoms with E-state index in [0.717, 1.165) is 16.1 Å². The van der Waals surface area contributed by atoms with Gasteiger partial charge in [-0.05, 0) is 48.0 Å². The number of thioether (sulfide) groups is 1. The number of hydrogen-bond donors (Lipinski definition) is 4. The number of carbonyl (C=O) groups is 2. The molecule has 0 saturated carbocycles. The first-order chi connectivity index (χ1) is 16.1. The summed E-state index contributed by atoms with van der Waals surface area (Å²) in [6, 6.07) is 24.1. The molecule has 1 atom stereocenters. The summed E-state index contributed by atoms with van der Waals surface area (Å²) in [4.78, 5) is 32.0. The highest BCUT2D eigenvalue weighted by Gasteiger charge is 2.17. The number of aromatic nitrogens is 2. The summed E-state index contributed by atoms with van der Waals surface area (Å²) in [5.41, 5.74) is 2.87. The second-order valence-corrected chi connectivity index (χ2v) is 8.51. The number of hydrogen-bond acceptors (Lipinski definition) is 5. The molecule has 166 valence electrons. The number of nitrogens with zero attached hydrogens (tertiary/aromatic N) is 1. The van der Waals surface area contributed by atoms with Gasteiger partial charge in [0.2, 0.25) is 5.95 Å². The molecule has 0 fully saturated rings. The predicted molar refractivity (Wildman–Crippen MR) is 130 cm³/mol. The monoisotopic (exact) mass is 458 g/mol. The van der Waals surface area contributed by atoms with Gasteiger partial charge in [-0.25, -0.2) is 4.98 Å². The van der Waals surface area contributed by atoms with Gasteiger partial charge in [0.15, 0.2) is 0 Å². The van der Waals surface area contributed by atoms with Crippen LogP contribution in [0.25, 0.3) is 0 Å². The van der Waals surface area contributed by atoms with Crippen LogP contribution in [-0.4, -0.2) is 27.0 Å². The molecule has 1 amide bonds. The molecule has 3 aromatic carbocycles. The Morgan fingerprint density at radius 3 is 2.45 bits per heavy atom. The van der Waals surface area contributed by atoms with Crippen LogP contribution < -0.4 is 10.6 Å². The van der Waals surface area contributed by atoms with Gasteiger partial charge >= 0.3 is 5.97 Å². The van der Waals surface area contributed by atoms with Gasteiger partial charge in [0.1, 0.15) is 0 Å². The molecule has 4 rings (SSSR count). The van der Waals surface area contributed by atoms with Crippen molar-refractivity contribution in [1.82, 2.24) is 9.97 Å². The number of benzene rings is 3. The first-order valence-electron chi connectivity index (χ1n) is 10.3. The average Bonchev–Trinajstić information content (AvgIpc) is 3.33. The lowest BCUT2D eigenvalue weighted by Crippen LogP contribution is -2.12.